The minimum Gasteiger partial charge on any atom is -0.382 e. The zero-order valence-electron chi connectivity index (χ0n) is 11.7. The molecule has 0 bridgehead atoms. The summed E-state index contributed by atoms with van der Waals surface area (Å²) < 4.78 is 5.27. The molecule has 1 aliphatic carbocycles. The topological polar surface area (TPSA) is 38.3 Å². The average Bonchev–Trinajstić information content (AvgIpc) is 2.38. The first-order valence-corrected chi connectivity index (χ1v) is 7.21. The summed E-state index contributed by atoms with van der Waals surface area (Å²) in [4.78, 5) is 12.4. The largest absolute Gasteiger partial charge is 0.382 e. The molecule has 0 aliphatic heterocycles. The third kappa shape index (κ3) is 3.16. The smallest absolute Gasteiger partial charge is 0.230 e. The molecule has 1 aromatic carbocycles. The first kappa shape index (κ1) is 14.1. The Morgan fingerprint density at radius 2 is 2.05 bits per heavy atom. The summed E-state index contributed by atoms with van der Waals surface area (Å²) >= 11 is 0. The van der Waals surface area contributed by atoms with Gasteiger partial charge < -0.3 is 10.1 Å². The van der Waals surface area contributed by atoms with Crippen LogP contribution in [0.1, 0.15) is 38.2 Å². The van der Waals surface area contributed by atoms with E-state index in [-0.39, 0.29) is 11.3 Å². The van der Waals surface area contributed by atoms with Gasteiger partial charge in [0.15, 0.2) is 0 Å². The van der Waals surface area contributed by atoms with Crippen molar-refractivity contribution in [3.8, 4) is 0 Å². The maximum absolute atomic E-state index is 12.4. The number of benzene rings is 1. The van der Waals surface area contributed by atoms with Crippen molar-refractivity contribution < 1.29 is 9.53 Å². The van der Waals surface area contributed by atoms with Gasteiger partial charge in [-0.15, -0.1) is 0 Å². The summed E-state index contributed by atoms with van der Waals surface area (Å²) in [6, 6.07) is 10.2. The number of ether oxygens (including phenoxy) is 1. The standard InChI is InChI=1S/C16H23NO2/c1-2-19-13-7-12-17-15(18)16(10-6-11-16)14-8-4-3-5-9-14/h3-5,8-9H,2,6-7,10-13H2,1H3,(H,17,18). The average molecular weight is 261 g/mol. The first-order valence-electron chi connectivity index (χ1n) is 7.21. The van der Waals surface area contributed by atoms with Crippen LogP contribution < -0.4 is 5.32 Å². The summed E-state index contributed by atoms with van der Waals surface area (Å²) in [5.41, 5.74) is 0.885. The minimum atomic E-state index is -0.271. The first-order chi connectivity index (χ1) is 9.29. The van der Waals surface area contributed by atoms with Gasteiger partial charge in [-0.25, -0.2) is 0 Å². The van der Waals surface area contributed by atoms with E-state index in [1.807, 2.05) is 25.1 Å². The maximum atomic E-state index is 12.4. The highest BCUT2D eigenvalue weighted by Gasteiger charge is 2.45. The Labute approximate surface area is 115 Å². The zero-order chi connectivity index (χ0) is 13.6. The molecule has 1 amide bonds. The van der Waals surface area contributed by atoms with E-state index in [9.17, 15) is 4.79 Å². The van der Waals surface area contributed by atoms with Gasteiger partial charge in [-0.3, -0.25) is 4.79 Å². The molecular formula is C16H23NO2. The van der Waals surface area contributed by atoms with Gasteiger partial charge in [-0.05, 0) is 31.7 Å². The third-order valence-corrected chi connectivity index (χ3v) is 3.92. The zero-order valence-corrected chi connectivity index (χ0v) is 11.7. The summed E-state index contributed by atoms with van der Waals surface area (Å²) in [6.07, 6.45) is 3.95. The number of carbonyl (C=O) groups is 1. The third-order valence-electron chi connectivity index (χ3n) is 3.92. The molecule has 1 aromatic rings. The van der Waals surface area contributed by atoms with Gasteiger partial charge in [0, 0.05) is 19.8 Å². The van der Waals surface area contributed by atoms with E-state index in [1.165, 1.54) is 0 Å². The van der Waals surface area contributed by atoms with Crippen molar-refractivity contribution in [2.45, 2.75) is 38.0 Å². The second-order valence-electron chi connectivity index (χ2n) is 5.11. The van der Waals surface area contributed by atoms with E-state index in [1.54, 1.807) is 0 Å². The van der Waals surface area contributed by atoms with Gasteiger partial charge in [0.2, 0.25) is 5.91 Å². The van der Waals surface area contributed by atoms with Crippen molar-refractivity contribution in [1.29, 1.82) is 0 Å². The van der Waals surface area contributed by atoms with Gasteiger partial charge >= 0.3 is 0 Å². The summed E-state index contributed by atoms with van der Waals surface area (Å²) in [7, 11) is 0. The second-order valence-corrected chi connectivity index (χ2v) is 5.11. The molecule has 1 saturated carbocycles. The van der Waals surface area contributed by atoms with Gasteiger partial charge in [-0.2, -0.15) is 0 Å². The van der Waals surface area contributed by atoms with Crippen LogP contribution in [0.15, 0.2) is 30.3 Å². The number of hydrogen-bond acceptors (Lipinski definition) is 2. The Balaban J connectivity index is 1.89. The quantitative estimate of drug-likeness (QED) is 0.766. The van der Waals surface area contributed by atoms with E-state index in [2.05, 4.69) is 17.4 Å². The van der Waals surface area contributed by atoms with Crippen molar-refractivity contribution in [1.82, 2.24) is 5.32 Å². The SMILES string of the molecule is CCOCCCNC(=O)C1(c2ccccc2)CCC1. The van der Waals surface area contributed by atoms with Crippen LogP contribution in [0.3, 0.4) is 0 Å². The lowest BCUT2D eigenvalue weighted by Gasteiger charge is -2.40. The molecule has 1 fully saturated rings. The number of hydrogen-bond donors (Lipinski definition) is 1. The van der Waals surface area contributed by atoms with E-state index < -0.39 is 0 Å². The number of amides is 1. The summed E-state index contributed by atoms with van der Waals surface area (Å²) in [5, 5.41) is 3.06. The summed E-state index contributed by atoms with van der Waals surface area (Å²) in [6.45, 7) is 4.14. The van der Waals surface area contributed by atoms with Crippen LogP contribution in [0.5, 0.6) is 0 Å². The van der Waals surface area contributed by atoms with Crippen molar-refractivity contribution in [3.63, 3.8) is 0 Å². The Morgan fingerprint density at radius 3 is 2.63 bits per heavy atom. The van der Waals surface area contributed by atoms with Crippen LogP contribution in [-0.4, -0.2) is 25.7 Å². The molecule has 3 nitrogen and oxygen atoms in total. The lowest BCUT2D eigenvalue weighted by Crippen LogP contribution is -2.49. The molecule has 0 atom stereocenters. The highest BCUT2D eigenvalue weighted by Crippen LogP contribution is 2.43. The molecule has 3 heteroatoms. The van der Waals surface area contributed by atoms with Gasteiger partial charge in [0.1, 0.15) is 0 Å². The Kier molecular flexibility index (Phi) is 4.97. The van der Waals surface area contributed by atoms with Crippen LogP contribution >= 0.6 is 0 Å². The molecule has 0 saturated heterocycles. The fourth-order valence-electron chi connectivity index (χ4n) is 2.62. The molecule has 1 aliphatic rings. The molecule has 19 heavy (non-hydrogen) atoms. The minimum absolute atomic E-state index is 0.182. The molecule has 104 valence electrons. The predicted molar refractivity (Wildman–Crippen MR) is 76.1 cm³/mol. The molecule has 1 N–H and O–H groups in total. The fourth-order valence-corrected chi connectivity index (χ4v) is 2.62. The Morgan fingerprint density at radius 1 is 1.32 bits per heavy atom. The monoisotopic (exact) mass is 261 g/mol. The number of carbonyl (C=O) groups excluding carboxylic acids is 1. The van der Waals surface area contributed by atoms with Crippen LogP contribution in [0.4, 0.5) is 0 Å². The molecule has 0 spiro atoms. The molecule has 0 heterocycles. The molecule has 0 aromatic heterocycles. The molecular weight excluding hydrogens is 238 g/mol. The van der Waals surface area contributed by atoms with E-state index >= 15 is 0 Å². The van der Waals surface area contributed by atoms with Crippen molar-refractivity contribution in [3.05, 3.63) is 35.9 Å². The lowest BCUT2D eigenvalue weighted by atomic mass is 9.64. The second kappa shape index (κ2) is 6.71. The van der Waals surface area contributed by atoms with Crippen molar-refractivity contribution in [2.75, 3.05) is 19.8 Å². The van der Waals surface area contributed by atoms with Crippen LogP contribution in [0.25, 0.3) is 0 Å². The molecule has 2 rings (SSSR count). The van der Waals surface area contributed by atoms with E-state index in [0.29, 0.717) is 6.54 Å². The van der Waals surface area contributed by atoms with Crippen molar-refractivity contribution in [2.24, 2.45) is 0 Å². The van der Waals surface area contributed by atoms with Gasteiger partial charge in [0.05, 0.1) is 5.41 Å². The highest BCUT2D eigenvalue weighted by molar-refractivity contribution is 5.89. The maximum Gasteiger partial charge on any atom is 0.230 e. The van der Waals surface area contributed by atoms with Crippen LogP contribution in [0, 0.1) is 0 Å². The van der Waals surface area contributed by atoms with E-state index in [4.69, 9.17) is 4.74 Å². The van der Waals surface area contributed by atoms with Crippen LogP contribution in [0.2, 0.25) is 0 Å². The van der Waals surface area contributed by atoms with E-state index in [0.717, 1.165) is 44.5 Å². The normalized spacial score (nSPS) is 16.7. The van der Waals surface area contributed by atoms with Gasteiger partial charge in [0.25, 0.3) is 0 Å². The van der Waals surface area contributed by atoms with Crippen LogP contribution in [-0.2, 0) is 14.9 Å². The number of rotatable bonds is 7. The molecule has 0 unspecified atom stereocenters. The predicted octanol–water partition coefficient (Wildman–Crippen LogP) is 2.65. The van der Waals surface area contributed by atoms with Crippen molar-refractivity contribution >= 4 is 5.91 Å². The van der Waals surface area contributed by atoms with Gasteiger partial charge in [-0.1, -0.05) is 36.8 Å². The lowest BCUT2D eigenvalue weighted by molar-refractivity contribution is -0.129. The highest BCUT2D eigenvalue weighted by atomic mass is 16.5. The fraction of sp³-hybridized carbons (Fsp3) is 0.562. The Bertz CT molecular complexity index is 398. The number of nitrogens with one attached hydrogen (secondary N) is 1. The summed E-state index contributed by atoms with van der Waals surface area (Å²) in [5.74, 6) is 0.182. The Hall–Kier alpha value is -1.35. The molecule has 0 radical (unpaired) electrons.